The highest BCUT2D eigenvalue weighted by Gasteiger charge is 2.27. The van der Waals surface area contributed by atoms with Crippen molar-refractivity contribution in [3.63, 3.8) is 0 Å². The van der Waals surface area contributed by atoms with Gasteiger partial charge in [-0.05, 0) is 42.3 Å². The highest BCUT2D eigenvalue weighted by Crippen LogP contribution is 2.32. The van der Waals surface area contributed by atoms with Gasteiger partial charge in [0.1, 0.15) is 0 Å². The number of hydrogen-bond donors (Lipinski definition) is 1. The quantitative estimate of drug-likeness (QED) is 0.517. The van der Waals surface area contributed by atoms with Crippen LogP contribution < -0.4 is 5.32 Å². The van der Waals surface area contributed by atoms with Crippen LogP contribution in [-0.2, 0) is 14.3 Å². The Labute approximate surface area is 145 Å². The average molecular weight is 335 g/mol. The predicted molar refractivity (Wildman–Crippen MR) is 94.3 cm³/mol. The second-order valence-electron chi connectivity index (χ2n) is 5.79. The molecule has 126 valence electrons. The van der Waals surface area contributed by atoms with Crippen LogP contribution in [0.3, 0.4) is 0 Å². The number of Topliss-reactive ketones (excluding diaryl/α,β-unsaturated/α-hetero) is 1. The summed E-state index contributed by atoms with van der Waals surface area (Å²) in [6.07, 6.45) is 2.91. The lowest BCUT2D eigenvalue weighted by molar-refractivity contribution is -0.136. The predicted octanol–water partition coefficient (Wildman–Crippen LogP) is 3.18. The van der Waals surface area contributed by atoms with Gasteiger partial charge in [-0.3, -0.25) is 9.59 Å². The molecule has 3 rings (SSSR count). The Balaban J connectivity index is 1.59. The van der Waals surface area contributed by atoms with Crippen LogP contribution in [0.1, 0.15) is 34.3 Å². The third-order valence-electron chi connectivity index (χ3n) is 4.05. The van der Waals surface area contributed by atoms with Crippen LogP contribution in [0.5, 0.6) is 0 Å². The molecule has 1 heterocycles. The van der Waals surface area contributed by atoms with Crippen LogP contribution in [-0.4, -0.2) is 24.3 Å². The number of carbonyl (C=O) groups is 3. The van der Waals surface area contributed by atoms with Crippen molar-refractivity contribution in [1.82, 2.24) is 0 Å². The molecule has 0 spiro atoms. The molecule has 1 atom stereocenters. The largest absolute Gasteiger partial charge is 0.454 e. The fourth-order valence-corrected chi connectivity index (χ4v) is 2.59. The van der Waals surface area contributed by atoms with Gasteiger partial charge >= 0.3 is 5.97 Å². The molecule has 25 heavy (non-hydrogen) atoms. The second kappa shape index (κ2) is 7.13. The summed E-state index contributed by atoms with van der Waals surface area (Å²) in [6, 6.07) is 14.3. The lowest BCUT2D eigenvalue weighted by Crippen LogP contribution is -2.13. The summed E-state index contributed by atoms with van der Waals surface area (Å²) in [5.74, 6) is -1.27. The first-order valence-electron chi connectivity index (χ1n) is 7.92. The molecule has 0 saturated carbocycles. The third-order valence-corrected chi connectivity index (χ3v) is 4.05. The summed E-state index contributed by atoms with van der Waals surface area (Å²) < 4.78 is 4.99. The number of ether oxygens (including phenoxy) is 1. The van der Waals surface area contributed by atoms with E-state index < -0.39 is 5.97 Å². The number of fused-ring (bicyclic) bond motifs is 1. The fourth-order valence-electron chi connectivity index (χ4n) is 2.59. The number of ketones is 1. The first kappa shape index (κ1) is 16.6. The van der Waals surface area contributed by atoms with Crippen molar-refractivity contribution in [3.8, 4) is 0 Å². The zero-order valence-corrected chi connectivity index (χ0v) is 13.7. The Morgan fingerprint density at radius 2 is 1.92 bits per heavy atom. The lowest BCUT2D eigenvalue weighted by atomic mass is 9.99. The minimum Gasteiger partial charge on any atom is -0.454 e. The first-order chi connectivity index (χ1) is 12.0. The van der Waals surface area contributed by atoms with Crippen molar-refractivity contribution in [2.75, 3.05) is 11.9 Å². The van der Waals surface area contributed by atoms with E-state index in [2.05, 4.69) is 5.32 Å². The molecule has 2 aromatic carbocycles. The van der Waals surface area contributed by atoms with E-state index in [1.165, 1.54) is 6.08 Å². The van der Waals surface area contributed by atoms with Gasteiger partial charge in [-0.2, -0.15) is 0 Å². The maximum absolute atomic E-state index is 12.2. The van der Waals surface area contributed by atoms with Gasteiger partial charge in [-0.15, -0.1) is 0 Å². The molecule has 0 fully saturated rings. The first-order valence-corrected chi connectivity index (χ1v) is 7.92. The van der Waals surface area contributed by atoms with Crippen LogP contribution in [0, 0.1) is 0 Å². The van der Waals surface area contributed by atoms with Crippen molar-refractivity contribution in [2.24, 2.45) is 0 Å². The number of carbonyl (C=O) groups excluding carboxylic acids is 3. The van der Waals surface area contributed by atoms with Crippen molar-refractivity contribution in [3.05, 3.63) is 71.3 Å². The molecule has 0 saturated heterocycles. The number of hydrogen-bond acceptors (Lipinski definition) is 4. The molecule has 0 aliphatic carbocycles. The number of rotatable bonds is 5. The number of nitrogens with one attached hydrogen (secondary N) is 1. The van der Waals surface area contributed by atoms with Crippen LogP contribution in [0.15, 0.2) is 54.6 Å². The van der Waals surface area contributed by atoms with Gasteiger partial charge in [0, 0.05) is 17.3 Å². The highest BCUT2D eigenvalue weighted by molar-refractivity contribution is 6.05. The van der Waals surface area contributed by atoms with Gasteiger partial charge in [0.15, 0.2) is 12.4 Å². The average Bonchev–Trinajstić information content (AvgIpc) is 2.92. The van der Waals surface area contributed by atoms with Crippen molar-refractivity contribution in [1.29, 1.82) is 0 Å². The van der Waals surface area contributed by atoms with Crippen LogP contribution in [0.2, 0.25) is 0 Å². The zero-order chi connectivity index (χ0) is 17.8. The van der Waals surface area contributed by atoms with E-state index in [0.717, 1.165) is 16.8 Å². The normalized spacial score (nSPS) is 15.7. The maximum atomic E-state index is 12.2. The fraction of sp³-hybridized carbons (Fsp3) is 0.150. The van der Waals surface area contributed by atoms with Gasteiger partial charge in [0.25, 0.3) is 0 Å². The standard InChI is InChI=1S/C20H17NO4/c1-13-16-11-15(8-9-17(16)21-20(13)24)18(22)12-25-19(23)10-7-14-5-3-2-4-6-14/h2-11,13H,12H2,1H3,(H,21,24)/b10-7+/t13-/m1/s1. The summed E-state index contributed by atoms with van der Waals surface area (Å²) in [6.45, 7) is 1.44. The Hall–Kier alpha value is -3.21. The number of amides is 1. The Kier molecular flexibility index (Phi) is 4.75. The topological polar surface area (TPSA) is 72.5 Å². The molecule has 0 unspecified atom stereocenters. The monoisotopic (exact) mass is 335 g/mol. The molecule has 5 nitrogen and oxygen atoms in total. The summed E-state index contributed by atoms with van der Waals surface area (Å²) in [5.41, 5.74) is 2.79. The van der Waals surface area contributed by atoms with Crippen LogP contribution in [0.25, 0.3) is 6.08 Å². The molecule has 0 radical (unpaired) electrons. The van der Waals surface area contributed by atoms with E-state index in [1.54, 1.807) is 31.2 Å². The van der Waals surface area contributed by atoms with Crippen LogP contribution in [0.4, 0.5) is 5.69 Å². The Morgan fingerprint density at radius 1 is 1.16 bits per heavy atom. The van der Waals surface area contributed by atoms with Crippen molar-refractivity contribution < 1.29 is 19.1 Å². The molecular weight excluding hydrogens is 318 g/mol. The summed E-state index contributed by atoms with van der Waals surface area (Å²) >= 11 is 0. The zero-order valence-electron chi connectivity index (χ0n) is 13.7. The van der Waals surface area contributed by atoms with E-state index in [4.69, 9.17) is 4.74 Å². The van der Waals surface area contributed by atoms with E-state index in [9.17, 15) is 14.4 Å². The Bertz CT molecular complexity index is 855. The van der Waals surface area contributed by atoms with Crippen LogP contribution >= 0.6 is 0 Å². The molecule has 1 amide bonds. The van der Waals surface area contributed by atoms with Gasteiger partial charge in [0.05, 0.1) is 5.92 Å². The van der Waals surface area contributed by atoms with E-state index in [-0.39, 0.29) is 24.2 Å². The minimum atomic E-state index is -0.580. The molecule has 2 aromatic rings. The second-order valence-corrected chi connectivity index (χ2v) is 5.79. The van der Waals surface area contributed by atoms with Gasteiger partial charge in [-0.1, -0.05) is 30.3 Å². The van der Waals surface area contributed by atoms with E-state index in [0.29, 0.717) is 5.56 Å². The smallest absolute Gasteiger partial charge is 0.331 e. The SMILES string of the molecule is C[C@H]1C(=O)Nc2ccc(C(=O)COC(=O)/C=C/c3ccccc3)cc21. The third kappa shape index (κ3) is 3.83. The summed E-state index contributed by atoms with van der Waals surface area (Å²) in [5, 5.41) is 2.75. The molecule has 5 heteroatoms. The summed E-state index contributed by atoms with van der Waals surface area (Å²) in [4.78, 5) is 35.6. The van der Waals surface area contributed by atoms with E-state index in [1.807, 2.05) is 30.3 Å². The molecule has 1 aliphatic rings. The van der Waals surface area contributed by atoms with Gasteiger partial charge in [-0.25, -0.2) is 4.79 Å². The summed E-state index contributed by atoms with van der Waals surface area (Å²) in [7, 11) is 0. The maximum Gasteiger partial charge on any atom is 0.331 e. The lowest BCUT2D eigenvalue weighted by Gasteiger charge is -2.06. The highest BCUT2D eigenvalue weighted by atomic mass is 16.5. The minimum absolute atomic E-state index is 0.0860. The molecule has 0 aromatic heterocycles. The number of esters is 1. The molecule has 1 N–H and O–H groups in total. The molecule has 1 aliphatic heterocycles. The van der Waals surface area contributed by atoms with E-state index >= 15 is 0 Å². The molecular formula is C20H17NO4. The van der Waals surface area contributed by atoms with Gasteiger partial charge in [0.2, 0.25) is 5.91 Å². The molecule has 0 bridgehead atoms. The Morgan fingerprint density at radius 3 is 2.68 bits per heavy atom. The number of anilines is 1. The van der Waals surface area contributed by atoms with Crippen molar-refractivity contribution in [2.45, 2.75) is 12.8 Å². The number of benzene rings is 2. The van der Waals surface area contributed by atoms with Crippen molar-refractivity contribution >= 4 is 29.4 Å². The van der Waals surface area contributed by atoms with Gasteiger partial charge < -0.3 is 10.1 Å².